The third-order valence-corrected chi connectivity index (χ3v) is 4.66. The summed E-state index contributed by atoms with van der Waals surface area (Å²) < 4.78 is 11.2. The number of nitrogens with one attached hydrogen (secondary N) is 4. The molecule has 0 aliphatic heterocycles. The highest BCUT2D eigenvalue weighted by Crippen LogP contribution is 2.12. The van der Waals surface area contributed by atoms with E-state index in [-0.39, 0.29) is 0 Å². The standard InChI is InChI=1S/C24H54N8O4/c1-23(2,3)35-21(33)31(17-15-29-13-11-27-9-7-25)19-20-32(22(34)36-24(4,5)6)18-16-30-14-12-28-10-8-26/h27-30H,7-20,25-26H2,1-6H3. The Kier molecular flexibility index (Phi) is 18.5. The molecule has 0 atom stereocenters. The first-order chi connectivity index (χ1) is 16.9. The molecule has 0 spiro atoms. The average molecular weight is 519 g/mol. The molecule has 0 fully saturated rings. The smallest absolute Gasteiger partial charge is 0.410 e. The molecule has 12 nitrogen and oxygen atoms in total. The van der Waals surface area contributed by atoms with Crippen LogP contribution >= 0.6 is 0 Å². The Morgan fingerprint density at radius 2 is 0.861 bits per heavy atom. The van der Waals surface area contributed by atoms with Gasteiger partial charge in [0, 0.05) is 91.6 Å². The number of hydrogen-bond acceptors (Lipinski definition) is 10. The van der Waals surface area contributed by atoms with Crippen LogP contribution in [0.15, 0.2) is 0 Å². The van der Waals surface area contributed by atoms with Gasteiger partial charge in [-0.3, -0.25) is 0 Å². The number of amides is 2. The van der Waals surface area contributed by atoms with Crippen LogP contribution in [0.1, 0.15) is 41.5 Å². The SMILES string of the molecule is CC(C)(C)OC(=O)N(CCNCCNCCN)CCN(CCNCCNCCN)C(=O)OC(C)(C)C. The van der Waals surface area contributed by atoms with Gasteiger partial charge in [0.15, 0.2) is 0 Å². The molecular weight excluding hydrogens is 464 g/mol. The molecule has 0 heterocycles. The third-order valence-electron chi connectivity index (χ3n) is 4.66. The molecule has 12 heteroatoms. The van der Waals surface area contributed by atoms with Gasteiger partial charge in [-0.15, -0.1) is 0 Å². The molecule has 0 aromatic carbocycles. The minimum Gasteiger partial charge on any atom is -0.444 e. The van der Waals surface area contributed by atoms with Crippen LogP contribution in [-0.4, -0.2) is 125 Å². The van der Waals surface area contributed by atoms with E-state index in [1.54, 1.807) is 9.80 Å². The number of carbonyl (C=O) groups is 2. The van der Waals surface area contributed by atoms with Crippen LogP contribution in [0.2, 0.25) is 0 Å². The quantitative estimate of drug-likeness (QED) is 0.126. The highest BCUT2D eigenvalue weighted by Gasteiger charge is 2.25. The molecule has 0 aliphatic carbocycles. The highest BCUT2D eigenvalue weighted by atomic mass is 16.6. The van der Waals surface area contributed by atoms with Crippen LogP contribution in [0, 0.1) is 0 Å². The van der Waals surface area contributed by atoms with Crippen LogP contribution in [-0.2, 0) is 9.47 Å². The van der Waals surface area contributed by atoms with Crippen molar-refractivity contribution in [2.24, 2.45) is 11.5 Å². The molecule has 0 rings (SSSR count). The largest absolute Gasteiger partial charge is 0.444 e. The fourth-order valence-corrected chi connectivity index (χ4v) is 2.97. The molecule has 0 radical (unpaired) electrons. The van der Waals surface area contributed by atoms with Crippen molar-refractivity contribution in [3.8, 4) is 0 Å². The molecule has 0 unspecified atom stereocenters. The number of rotatable bonds is 19. The van der Waals surface area contributed by atoms with Gasteiger partial charge in [0.25, 0.3) is 0 Å². The van der Waals surface area contributed by atoms with E-state index in [4.69, 9.17) is 20.9 Å². The fourth-order valence-electron chi connectivity index (χ4n) is 2.97. The number of carbonyl (C=O) groups excluding carboxylic acids is 2. The second-order valence-corrected chi connectivity index (χ2v) is 10.5. The summed E-state index contributed by atoms with van der Waals surface area (Å²) in [6.45, 7) is 19.7. The van der Waals surface area contributed by atoms with Gasteiger partial charge in [-0.05, 0) is 41.5 Å². The van der Waals surface area contributed by atoms with E-state index >= 15 is 0 Å². The first-order valence-electron chi connectivity index (χ1n) is 13.1. The predicted octanol–water partition coefficient (Wildman–Crippen LogP) is -0.264. The fraction of sp³-hybridized carbons (Fsp3) is 0.917. The van der Waals surface area contributed by atoms with Gasteiger partial charge in [0.2, 0.25) is 0 Å². The van der Waals surface area contributed by atoms with Crippen molar-refractivity contribution in [1.29, 1.82) is 0 Å². The van der Waals surface area contributed by atoms with Gasteiger partial charge in [-0.25, -0.2) is 9.59 Å². The Morgan fingerprint density at radius 1 is 0.556 bits per heavy atom. The van der Waals surface area contributed by atoms with Gasteiger partial charge in [0.1, 0.15) is 11.2 Å². The molecular formula is C24H54N8O4. The van der Waals surface area contributed by atoms with Crippen LogP contribution in [0.3, 0.4) is 0 Å². The summed E-state index contributed by atoms with van der Waals surface area (Å²) in [6, 6.07) is 0. The van der Waals surface area contributed by atoms with Crippen LogP contribution in [0.5, 0.6) is 0 Å². The lowest BCUT2D eigenvalue weighted by Crippen LogP contribution is -2.48. The van der Waals surface area contributed by atoms with Crippen molar-refractivity contribution in [3.05, 3.63) is 0 Å². The maximum atomic E-state index is 12.8. The second-order valence-electron chi connectivity index (χ2n) is 10.5. The Bertz CT molecular complexity index is 531. The lowest BCUT2D eigenvalue weighted by molar-refractivity contribution is 0.0138. The Labute approximate surface area is 218 Å². The topological polar surface area (TPSA) is 159 Å². The summed E-state index contributed by atoms with van der Waals surface area (Å²) in [5.74, 6) is 0. The Hall–Kier alpha value is -1.70. The van der Waals surface area contributed by atoms with Gasteiger partial charge < -0.3 is 52.0 Å². The van der Waals surface area contributed by atoms with E-state index in [1.807, 2.05) is 41.5 Å². The van der Waals surface area contributed by atoms with Gasteiger partial charge in [-0.1, -0.05) is 0 Å². The summed E-state index contributed by atoms with van der Waals surface area (Å²) in [7, 11) is 0. The lowest BCUT2D eigenvalue weighted by atomic mass is 10.2. The van der Waals surface area contributed by atoms with Crippen molar-refractivity contribution >= 4 is 12.2 Å². The molecule has 0 bridgehead atoms. The zero-order valence-electron chi connectivity index (χ0n) is 23.6. The summed E-state index contributed by atoms with van der Waals surface area (Å²) in [5.41, 5.74) is 9.74. The Morgan fingerprint density at radius 3 is 1.14 bits per heavy atom. The number of nitrogens with zero attached hydrogens (tertiary/aromatic N) is 2. The van der Waals surface area contributed by atoms with Crippen molar-refractivity contribution in [2.75, 3.05) is 91.6 Å². The van der Waals surface area contributed by atoms with Crippen LogP contribution < -0.4 is 32.7 Å². The van der Waals surface area contributed by atoms with E-state index in [9.17, 15) is 9.59 Å². The van der Waals surface area contributed by atoms with Gasteiger partial charge in [-0.2, -0.15) is 0 Å². The molecule has 0 aromatic rings. The number of nitrogens with two attached hydrogens (primary N) is 2. The zero-order chi connectivity index (χ0) is 27.5. The molecule has 0 aliphatic rings. The molecule has 0 saturated carbocycles. The molecule has 36 heavy (non-hydrogen) atoms. The summed E-state index contributed by atoms with van der Waals surface area (Å²) >= 11 is 0. The van der Waals surface area contributed by atoms with Gasteiger partial charge in [0.05, 0.1) is 0 Å². The van der Waals surface area contributed by atoms with Crippen molar-refractivity contribution in [3.63, 3.8) is 0 Å². The molecule has 8 N–H and O–H groups in total. The second kappa shape index (κ2) is 19.4. The van der Waals surface area contributed by atoms with E-state index in [1.165, 1.54) is 0 Å². The molecule has 214 valence electrons. The Balaban J connectivity index is 4.96. The molecule has 0 aromatic heterocycles. The van der Waals surface area contributed by atoms with E-state index in [0.717, 1.165) is 39.3 Å². The number of hydrogen-bond donors (Lipinski definition) is 6. The van der Waals surface area contributed by atoms with E-state index in [0.29, 0.717) is 52.4 Å². The average Bonchev–Trinajstić information content (AvgIpc) is 2.75. The van der Waals surface area contributed by atoms with E-state index in [2.05, 4.69) is 21.3 Å². The van der Waals surface area contributed by atoms with Crippen LogP contribution in [0.4, 0.5) is 9.59 Å². The van der Waals surface area contributed by atoms with Gasteiger partial charge >= 0.3 is 12.2 Å². The zero-order valence-corrected chi connectivity index (χ0v) is 23.6. The molecule has 0 saturated heterocycles. The minimum atomic E-state index is -0.610. The monoisotopic (exact) mass is 518 g/mol. The van der Waals surface area contributed by atoms with Crippen molar-refractivity contribution in [1.82, 2.24) is 31.1 Å². The maximum absolute atomic E-state index is 12.8. The first-order valence-corrected chi connectivity index (χ1v) is 13.1. The third kappa shape index (κ3) is 20.5. The lowest BCUT2D eigenvalue weighted by Gasteiger charge is -2.31. The first kappa shape index (κ1) is 34.3. The van der Waals surface area contributed by atoms with Crippen LogP contribution in [0.25, 0.3) is 0 Å². The number of ether oxygens (including phenoxy) is 2. The van der Waals surface area contributed by atoms with E-state index < -0.39 is 23.4 Å². The molecule has 2 amide bonds. The summed E-state index contributed by atoms with van der Waals surface area (Å²) in [5, 5.41) is 13.1. The maximum Gasteiger partial charge on any atom is 0.410 e. The van der Waals surface area contributed by atoms with Crippen molar-refractivity contribution < 1.29 is 19.1 Å². The predicted molar refractivity (Wildman–Crippen MR) is 145 cm³/mol. The summed E-state index contributed by atoms with van der Waals surface area (Å²) in [6.07, 6.45) is -0.808. The van der Waals surface area contributed by atoms with Crippen molar-refractivity contribution in [2.45, 2.75) is 52.7 Å². The minimum absolute atomic E-state index is 0.333. The highest BCUT2D eigenvalue weighted by molar-refractivity contribution is 5.69. The summed E-state index contributed by atoms with van der Waals surface area (Å²) in [4.78, 5) is 29.0. The normalized spacial score (nSPS) is 11.9.